The van der Waals surface area contributed by atoms with Crippen LogP contribution in [0.3, 0.4) is 0 Å². The molecule has 2 aromatic carbocycles. The van der Waals surface area contributed by atoms with E-state index in [4.69, 9.17) is 4.74 Å². The van der Waals surface area contributed by atoms with E-state index in [1.54, 1.807) is 7.11 Å². The zero-order valence-electron chi connectivity index (χ0n) is 12.0. The molecule has 1 N–H and O–H groups in total. The molecule has 0 aliphatic heterocycles. The van der Waals surface area contributed by atoms with Gasteiger partial charge < -0.3 is 0 Å². The molecule has 3 nitrogen and oxygen atoms in total. The van der Waals surface area contributed by atoms with E-state index >= 15 is 0 Å². The summed E-state index contributed by atoms with van der Waals surface area (Å²) in [6, 6.07) is 16.4. The Labute approximate surface area is 130 Å². The monoisotopic (exact) mass is 344 g/mol. The molecule has 0 amide bonds. The van der Waals surface area contributed by atoms with Crippen LogP contribution in [0.2, 0.25) is 0 Å². The van der Waals surface area contributed by atoms with E-state index in [-0.39, 0.29) is 14.5 Å². The normalized spacial score (nSPS) is 10.4. The third-order valence-corrected chi connectivity index (χ3v) is 4.78. The molecule has 0 saturated heterocycles. The van der Waals surface area contributed by atoms with E-state index in [1.165, 1.54) is 5.56 Å². The van der Waals surface area contributed by atoms with Crippen LogP contribution in [0.15, 0.2) is 53.5 Å². The first kappa shape index (κ1) is 13.9. The summed E-state index contributed by atoms with van der Waals surface area (Å²) >= 11 is 0.250. The molecule has 1 heterocycles. The van der Waals surface area contributed by atoms with Gasteiger partial charge in [0.25, 0.3) is 0 Å². The minimum atomic E-state index is 0.250. The number of hydrogen-bond acceptors (Lipinski definition) is 3. The Morgan fingerprint density at radius 2 is 1.71 bits per heavy atom. The van der Waals surface area contributed by atoms with Gasteiger partial charge in [0.2, 0.25) is 0 Å². The molecule has 0 unspecified atom stereocenters. The van der Waals surface area contributed by atoms with Gasteiger partial charge >= 0.3 is 130 Å². The van der Waals surface area contributed by atoms with Crippen molar-refractivity contribution in [2.45, 2.75) is 6.92 Å². The summed E-state index contributed by atoms with van der Waals surface area (Å²) < 4.78 is 6.22. The number of benzene rings is 2. The number of ether oxygens (including phenoxy) is 1. The van der Waals surface area contributed by atoms with Crippen LogP contribution in [-0.2, 0) is 0 Å². The average molecular weight is 343 g/mol. The van der Waals surface area contributed by atoms with Crippen LogP contribution >= 0.6 is 0 Å². The van der Waals surface area contributed by atoms with E-state index in [0.29, 0.717) is 0 Å². The molecule has 0 atom stereocenters. The Morgan fingerprint density at radius 1 is 1.00 bits per heavy atom. The molecular weight excluding hydrogens is 327 g/mol. The van der Waals surface area contributed by atoms with Gasteiger partial charge in [0.15, 0.2) is 0 Å². The van der Waals surface area contributed by atoms with Crippen molar-refractivity contribution in [1.29, 1.82) is 0 Å². The molecule has 106 valence electrons. The fraction of sp³-hybridized carbons (Fsp3) is 0.118. The van der Waals surface area contributed by atoms with Gasteiger partial charge in [-0.2, -0.15) is 0 Å². The van der Waals surface area contributed by atoms with Gasteiger partial charge in [-0.1, -0.05) is 0 Å². The Hall–Kier alpha value is -2.03. The van der Waals surface area contributed by atoms with E-state index in [2.05, 4.69) is 46.4 Å². The van der Waals surface area contributed by atoms with Gasteiger partial charge in [0.1, 0.15) is 0 Å². The Bertz CT molecular complexity index is 717. The van der Waals surface area contributed by atoms with E-state index in [1.807, 2.05) is 24.3 Å². The van der Waals surface area contributed by atoms with Crippen LogP contribution in [0, 0.1) is 6.92 Å². The Balaban J connectivity index is 1.77. The average Bonchev–Trinajstić information content (AvgIpc) is 2.98. The zero-order valence-corrected chi connectivity index (χ0v) is 13.7. The van der Waals surface area contributed by atoms with E-state index in [9.17, 15) is 0 Å². The number of methoxy groups -OCH3 is 1. The number of anilines is 2. The van der Waals surface area contributed by atoms with Crippen molar-refractivity contribution in [3.8, 4) is 17.0 Å². The number of nitrogens with one attached hydrogen (secondary N) is 1. The van der Waals surface area contributed by atoms with E-state index in [0.717, 1.165) is 27.4 Å². The van der Waals surface area contributed by atoms with Crippen molar-refractivity contribution in [2.24, 2.45) is 0 Å². The van der Waals surface area contributed by atoms with Crippen molar-refractivity contribution in [3.05, 3.63) is 59.0 Å². The predicted molar refractivity (Wildman–Crippen MR) is 87.6 cm³/mol. The van der Waals surface area contributed by atoms with Crippen molar-refractivity contribution in [1.82, 2.24) is 4.98 Å². The topological polar surface area (TPSA) is 34.1 Å². The van der Waals surface area contributed by atoms with Crippen molar-refractivity contribution in [2.75, 3.05) is 12.4 Å². The number of nitrogens with zero attached hydrogens (tertiary/aromatic N) is 1. The van der Waals surface area contributed by atoms with Crippen LogP contribution in [0.1, 0.15) is 5.56 Å². The first-order valence-electron chi connectivity index (χ1n) is 6.68. The zero-order chi connectivity index (χ0) is 14.7. The predicted octanol–water partition coefficient (Wildman–Crippen LogP) is 3.87. The second-order valence-electron chi connectivity index (χ2n) is 4.76. The van der Waals surface area contributed by atoms with Crippen LogP contribution in [-0.4, -0.2) is 26.6 Å². The standard InChI is InChI=1S/C17H16N2OSe/c1-12-3-7-14(8-4-12)18-17-19-16(11-21-17)13-5-9-15(20-2)10-6-13/h3-11H,1-2H3,(H,18,19). The fourth-order valence-corrected chi connectivity index (χ4v) is 3.54. The second kappa shape index (κ2) is 6.17. The molecule has 0 aliphatic rings. The quantitative estimate of drug-likeness (QED) is 0.731. The summed E-state index contributed by atoms with van der Waals surface area (Å²) in [7, 11) is 1.68. The van der Waals surface area contributed by atoms with Crippen molar-refractivity contribution < 1.29 is 4.74 Å². The number of aromatic nitrogens is 1. The minimum absolute atomic E-state index is 0.250. The molecule has 4 heteroatoms. The first-order chi connectivity index (χ1) is 10.2. The maximum absolute atomic E-state index is 5.18. The molecule has 0 radical (unpaired) electrons. The number of aryl methyl sites for hydroxylation is 1. The number of rotatable bonds is 4. The van der Waals surface area contributed by atoms with Crippen LogP contribution < -0.4 is 10.1 Å². The summed E-state index contributed by atoms with van der Waals surface area (Å²) in [4.78, 5) is 6.88. The van der Waals surface area contributed by atoms with E-state index < -0.39 is 0 Å². The fourth-order valence-electron chi connectivity index (χ4n) is 1.99. The molecule has 0 spiro atoms. The number of hydrogen-bond donors (Lipinski definition) is 1. The van der Waals surface area contributed by atoms with Crippen LogP contribution in [0.4, 0.5) is 10.4 Å². The molecule has 0 saturated carbocycles. The summed E-state index contributed by atoms with van der Waals surface area (Å²) in [6.45, 7) is 2.09. The van der Waals surface area contributed by atoms with Gasteiger partial charge in [-0.05, 0) is 0 Å². The Kier molecular flexibility index (Phi) is 4.09. The third-order valence-electron chi connectivity index (χ3n) is 3.19. The molecule has 3 rings (SSSR count). The summed E-state index contributed by atoms with van der Waals surface area (Å²) in [6.07, 6.45) is 0. The summed E-state index contributed by atoms with van der Waals surface area (Å²) in [5.74, 6) is 0.866. The molecule has 0 fully saturated rings. The van der Waals surface area contributed by atoms with Crippen molar-refractivity contribution in [3.63, 3.8) is 0 Å². The third kappa shape index (κ3) is 3.35. The van der Waals surface area contributed by atoms with Gasteiger partial charge in [-0.25, -0.2) is 0 Å². The second-order valence-corrected chi connectivity index (χ2v) is 6.56. The SMILES string of the molecule is COc1ccc(-c2c[se]c(Nc3ccc(C)cc3)n2)cc1. The first-order valence-corrected chi connectivity index (χ1v) is 8.53. The molecule has 3 aromatic rings. The Morgan fingerprint density at radius 3 is 2.38 bits per heavy atom. The van der Waals surface area contributed by atoms with Crippen LogP contribution in [0.5, 0.6) is 5.75 Å². The molecule has 0 bridgehead atoms. The van der Waals surface area contributed by atoms with Gasteiger partial charge in [-0.15, -0.1) is 0 Å². The molecular formula is C17H16N2OSe. The molecule has 21 heavy (non-hydrogen) atoms. The summed E-state index contributed by atoms with van der Waals surface area (Å²) in [5.41, 5.74) is 4.51. The van der Waals surface area contributed by atoms with Gasteiger partial charge in [-0.3, -0.25) is 0 Å². The summed E-state index contributed by atoms with van der Waals surface area (Å²) in [5, 5.41) is 3.39. The van der Waals surface area contributed by atoms with Crippen LogP contribution in [0.25, 0.3) is 11.3 Å². The molecule has 1 aromatic heterocycles. The van der Waals surface area contributed by atoms with Gasteiger partial charge in [0.05, 0.1) is 0 Å². The van der Waals surface area contributed by atoms with Crippen molar-refractivity contribution >= 4 is 24.9 Å². The van der Waals surface area contributed by atoms with Gasteiger partial charge in [0, 0.05) is 0 Å². The molecule has 0 aliphatic carbocycles. The maximum atomic E-state index is 5.18.